The molecule has 3 rings (SSSR count). The molecule has 0 amide bonds. The van der Waals surface area contributed by atoms with Gasteiger partial charge in [-0.15, -0.1) is 0 Å². The Morgan fingerprint density at radius 3 is 2.35 bits per heavy atom. The Morgan fingerprint density at radius 1 is 1.06 bits per heavy atom. The fourth-order valence-electron chi connectivity index (χ4n) is 3.27. The van der Waals surface area contributed by atoms with E-state index in [1.165, 1.54) is 22.8 Å². The Labute approximate surface area is 103 Å². The molecule has 0 bridgehead atoms. The first kappa shape index (κ1) is 10.8. The molecule has 0 aliphatic heterocycles. The van der Waals surface area contributed by atoms with Gasteiger partial charge in [-0.1, -0.05) is 56.3 Å². The zero-order chi connectivity index (χ0) is 12.1. The maximum Gasteiger partial charge on any atom is 0.0138 e. The van der Waals surface area contributed by atoms with Crippen LogP contribution in [0.15, 0.2) is 42.5 Å². The van der Waals surface area contributed by atoms with Crippen molar-refractivity contribution in [1.29, 1.82) is 0 Å². The van der Waals surface area contributed by atoms with Crippen molar-refractivity contribution < 1.29 is 0 Å². The van der Waals surface area contributed by atoms with Crippen molar-refractivity contribution in [2.75, 3.05) is 6.54 Å². The Bertz CT molecular complexity index is 565. The van der Waals surface area contributed by atoms with E-state index in [0.29, 0.717) is 5.41 Å². The topological polar surface area (TPSA) is 26.0 Å². The molecule has 1 unspecified atom stereocenters. The smallest absolute Gasteiger partial charge is 0.0138 e. The van der Waals surface area contributed by atoms with Crippen molar-refractivity contribution in [1.82, 2.24) is 0 Å². The van der Waals surface area contributed by atoms with Gasteiger partial charge in [0, 0.05) is 12.0 Å². The summed E-state index contributed by atoms with van der Waals surface area (Å²) in [6.45, 7) is 5.39. The first-order valence-corrected chi connectivity index (χ1v) is 6.29. The van der Waals surface area contributed by atoms with E-state index in [-0.39, 0.29) is 5.41 Å². The van der Waals surface area contributed by atoms with E-state index >= 15 is 0 Å². The average molecular weight is 225 g/mol. The van der Waals surface area contributed by atoms with Crippen LogP contribution in [0.5, 0.6) is 0 Å². The van der Waals surface area contributed by atoms with Gasteiger partial charge in [-0.25, -0.2) is 0 Å². The van der Waals surface area contributed by atoms with Gasteiger partial charge in [0.25, 0.3) is 0 Å². The predicted molar refractivity (Wildman–Crippen MR) is 73.1 cm³/mol. The highest BCUT2D eigenvalue weighted by molar-refractivity contribution is 5.87. The lowest BCUT2D eigenvalue weighted by Gasteiger charge is -2.21. The van der Waals surface area contributed by atoms with Crippen molar-refractivity contribution in [3.8, 4) is 0 Å². The molecule has 0 aromatic heterocycles. The van der Waals surface area contributed by atoms with Gasteiger partial charge in [0.15, 0.2) is 0 Å². The highest BCUT2D eigenvalue weighted by Gasteiger charge is 2.61. The number of hydrogen-bond donors (Lipinski definition) is 1. The van der Waals surface area contributed by atoms with Crippen LogP contribution in [0.4, 0.5) is 0 Å². The van der Waals surface area contributed by atoms with Crippen molar-refractivity contribution >= 4 is 10.8 Å². The van der Waals surface area contributed by atoms with Gasteiger partial charge in [-0.3, -0.25) is 0 Å². The minimum Gasteiger partial charge on any atom is -0.330 e. The molecule has 0 saturated heterocycles. The summed E-state index contributed by atoms with van der Waals surface area (Å²) in [5.74, 6) is 0. The minimum absolute atomic E-state index is 0.188. The third-order valence-electron chi connectivity index (χ3n) is 4.57. The van der Waals surface area contributed by atoms with E-state index in [2.05, 4.69) is 56.3 Å². The summed E-state index contributed by atoms with van der Waals surface area (Å²) < 4.78 is 0. The molecule has 88 valence electrons. The maximum atomic E-state index is 6.07. The lowest BCUT2D eigenvalue weighted by Crippen LogP contribution is -2.25. The fourth-order valence-corrected chi connectivity index (χ4v) is 3.27. The van der Waals surface area contributed by atoms with Crippen LogP contribution in [-0.4, -0.2) is 6.54 Å². The fraction of sp³-hybridized carbons (Fsp3) is 0.375. The van der Waals surface area contributed by atoms with Crippen molar-refractivity contribution in [3.05, 3.63) is 48.0 Å². The summed E-state index contributed by atoms with van der Waals surface area (Å²) >= 11 is 0. The van der Waals surface area contributed by atoms with Crippen LogP contribution in [-0.2, 0) is 5.41 Å². The predicted octanol–water partition coefficient (Wildman–Crippen LogP) is 3.47. The second-order valence-electron chi connectivity index (χ2n) is 5.87. The largest absolute Gasteiger partial charge is 0.330 e. The number of hydrogen-bond acceptors (Lipinski definition) is 1. The number of nitrogens with two attached hydrogens (primary N) is 1. The van der Waals surface area contributed by atoms with Gasteiger partial charge >= 0.3 is 0 Å². The third kappa shape index (κ3) is 1.35. The summed E-state index contributed by atoms with van der Waals surface area (Å²) in [5, 5.41) is 2.69. The molecule has 0 heterocycles. The van der Waals surface area contributed by atoms with Crippen LogP contribution >= 0.6 is 0 Å². The van der Waals surface area contributed by atoms with Crippen molar-refractivity contribution in [3.63, 3.8) is 0 Å². The molecule has 2 N–H and O–H groups in total. The molecule has 1 atom stereocenters. The van der Waals surface area contributed by atoms with E-state index in [0.717, 1.165) is 6.54 Å². The van der Waals surface area contributed by atoms with Gasteiger partial charge in [-0.2, -0.15) is 0 Å². The van der Waals surface area contributed by atoms with Crippen LogP contribution in [0.25, 0.3) is 10.8 Å². The Hall–Kier alpha value is -1.34. The molecular formula is C16H19N. The Kier molecular flexibility index (Phi) is 2.11. The third-order valence-corrected chi connectivity index (χ3v) is 4.57. The van der Waals surface area contributed by atoms with Crippen molar-refractivity contribution in [2.24, 2.45) is 11.1 Å². The van der Waals surface area contributed by atoms with Crippen LogP contribution in [0.1, 0.15) is 25.8 Å². The van der Waals surface area contributed by atoms with E-state index in [4.69, 9.17) is 5.73 Å². The van der Waals surface area contributed by atoms with Crippen molar-refractivity contribution in [2.45, 2.75) is 25.7 Å². The lowest BCUT2D eigenvalue weighted by atomic mass is 9.85. The maximum absolute atomic E-state index is 6.07. The summed E-state index contributed by atoms with van der Waals surface area (Å²) in [4.78, 5) is 0. The number of benzene rings is 2. The van der Waals surface area contributed by atoms with E-state index in [1.54, 1.807) is 0 Å². The van der Waals surface area contributed by atoms with Gasteiger partial charge in [0.1, 0.15) is 0 Å². The highest BCUT2D eigenvalue weighted by Crippen LogP contribution is 2.64. The Balaban J connectivity index is 2.25. The zero-order valence-corrected chi connectivity index (χ0v) is 10.5. The van der Waals surface area contributed by atoms with E-state index in [1.807, 2.05) is 0 Å². The van der Waals surface area contributed by atoms with Gasteiger partial charge in [0.2, 0.25) is 0 Å². The normalized spacial score (nSPS) is 26.1. The van der Waals surface area contributed by atoms with E-state index < -0.39 is 0 Å². The summed E-state index contributed by atoms with van der Waals surface area (Å²) in [6.07, 6.45) is 1.20. The second kappa shape index (κ2) is 3.33. The molecule has 17 heavy (non-hydrogen) atoms. The number of fused-ring (bicyclic) bond motifs is 1. The molecule has 2 aromatic carbocycles. The van der Waals surface area contributed by atoms with Gasteiger partial charge < -0.3 is 5.73 Å². The summed E-state index contributed by atoms with van der Waals surface area (Å²) in [6, 6.07) is 15.2. The highest BCUT2D eigenvalue weighted by atomic mass is 14.7. The molecule has 0 radical (unpaired) electrons. The molecule has 0 spiro atoms. The van der Waals surface area contributed by atoms with Crippen LogP contribution in [0.3, 0.4) is 0 Å². The Morgan fingerprint density at radius 2 is 1.71 bits per heavy atom. The molecule has 1 saturated carbocycles. The molecule has 1 aliphatic rings. The quantitative estimate of drug-likeness (QED) is 0.832. The second-order valence-corrected chi connectivity index (χ2v) is 5.87. The molecule has 2 aromatic rings. The van der Waals surface area contributed by atoms with E-state index in [9.17, 15) is 0 Å². The van der Waals surface area contributed by atoms with Crippen LogP contribution in [0.2, 0.25) is 0 Å². The lowest BCUT2D eigenvalue weighted by molar-refractivity contribution is 0.505. The van der Waals surface area contributed by atoms with Crippen LogP contribution in [0, 0.1) is 5.41 Å². The molecule has 1 fully saturated rings. The number of rotatable bonds is 2. The first-order valence-electron chi connectivity index (χ1n) is 6.29. The molecule has 1 heteroatoms. The molecular weight excluding hydrogens is 206 g/mol. The average Bonchev–Trinajstić information content (AvgIpc) is 2.92. The first-order chi connectivity index (χ1) is 8.11. The zero-order valence-electron chi connectivity index (χ0n) is 10.5. The summed E-state index contributed by atoms with van der Waals surface area (Å²) in [5.41, 5.74) is 8.03. The van der Waals surface area contributed by atoms with Crippen LogP contribution < -0.4 is 5.73 Å². The van der Waals surface area contributed by atoms with Gasteiger partial charge in [0.05, 0.1) is 0 Å². The SMILES string of the molecule is CC1(C)CC1(CN)c1cccc2ccccc12. The molecule has 1 nitrogen and oxygen atoms in total. The molecule has 1 aliphatic carbocycles. The monoisotopic (exact) mass is 225 g/mol. The van der Waals surface area contributed by atoms with Gasteiger partial charge in [-0.05, 0) is 28.2 Å². The summed E-state index contributed by atoms with van der Waals surface area (Å²) in [7, 11) is 0. The standard InChI is InChI=1S/C16H19N/c1-15(2)10-16(15,11-17)14-9-5-7-12-6-3-4-8-13(12)14/h3-9H,10-11,17H2,1-2H3. The minimum atomic E-state index is 0.188.